The summed E-state index contributed by atoms with van der Waals surface area (Å²) < 4.78 is 0. The number of rotatable bonds is 2. The Labute approximate surface area is 106 Å². The van der Waals surface area contributed by atoms with Gasteiger partial charge in [0.15, 0.2) is 0 Å². The number of nitrogens with one attached hydrogen (secondary N) is 1. The Balaban J connectivity index is 0.00000128. The van der Waals surface area contributed by atoms with E-state index in [9.17, 15) is 0 Å². The van der Waals surface area contributed by atoms with Gasteiger partial charge in [0, 0.05) is 18.3 Å². The molecule has 1 saturated carbocycles. The minimum atomic E-state index is 0. The lowest BCUT2D eigenvalue weighted by molar-refractivity contribution is 0.410. The van der Waals surface area contributed by atoms with Gasteiger partial charge >= 0.3 is 0 Å². The van der Waals surface area contributed by atoms with Crippen LogP contribution in [0.25, 0.3) is 0 Å². The third kappa shape index (κ3) is 3.77. The van der Waals surface area contributed by atoms with Gasteiger partial charge in [-0.15, -0.1) is 12.4 Å². The van der Waals surface area contributed by atoms with Crippen molar-refractivity contribution in [1.29, 1.82) is 0 Å². The lowest BCUT2D eigenvalue weighted by Crippen LogP contribution is -2.33. The van der Waals surface area contributed by atoms with E-state index in [2.05, 4.69) is 15.3 Å². The number of anilines is 1. The highest BCUT2D eigenvalue weighted by molar-refractivity contribution is 6.28. The fraction of sp³-hybridized carbons (Fsp3) is 0.600. The van der Waals surface area contributed by atoms with Gasteiger partial charge in [0.25, 0.3) is 0 Å². The fourth-order valence-electron chi connectivity index (χ4n) is 1.89. The monoisotopic (exact) mass is 262 g/mol. The van der Waals surface area contributed by atoms with Crippen molar-refractivity contribution in [3.63, 3.8) is 0 Å². The molecule has 2 rings (SSSR count). The smallest absolute Gasteiger partial charge is 0.224 e. The van der Waals surface area contributed by atoms with Crippen molar-refractivity contribution in [3.8, 4) is 0 Å². The van der Waals surface area contributed by atoms with E-state index in [1.807, 2.05) is 6.07 Å². The number of aromatic nitrogens is 2. The summed E-state index contributed by atoms with van der Waals surface area (Å²) in [6, 6.07) is 2.67. The third-order valence-corrected chi connectivity index (χ3v) is 2.93. The van der Waals surface area contributed by atoms with E-state index in [4.69, 9.17) is 17.3 Å². The Morgan fingerprint density at radius 3 is 2.62 bits per heavy atom. The molecule has 1 heterocycles. The van der Waals surface area contributed by atoms with Gasteiger partial charge in [-0.2, -0.15) is 0 Å². The topological polar surface area (TPSA) is 63.8 Å². The predicted octanol–water partition coefficient (Wildman–Crippen LogP) is 2.23. The standard InChI is InChI=1S/C10H15ClN4.ClH/c11-10-13-6-5-9(15-10)14-8-3-1-7(12)2-4-8;/h5-8H,1-4,12H2,(H,13,14,15);1H. The van der Waals surface area contributed by atoms with Crippen LogP contribution in [0.3, 0.4) is 0 Å². The predicted molar refractivity (Wildman–Crippen MR) is 68.1 cm³/mol. The van der Waals surface area contributed by atoms with E-state index in [1.54, 1.807) is 6.20 Å². The largest absolute Gasteiger partial charge is 0.367 e. The van der Waals surface area contributed by atoms with Crippen LogP contribution in [0.4, 0.5) is 5.82 Å². The van der Waals surface area contributed by atoms with Gasteiger partial charge in [-0.25, -0.2) is 9.97 Å². The maximum absolute atomic E-state index is 5.84. The van der Waals surface area contributed by atoms with E-state index >= 15 is 0 Å². The zero-order chi connectivity index (χ0) is 10.7. The molecule has 0 unspecified atom stereocenters. The Hall–Kier alpha value is -0.580. The molecule has 0 aromatic carbocycles. The molecule has 0 bridgehead atoms. The third-order valence-electron chi connectivity index (χ3n) is 2.75. The number of hydrogen-bond acceptors (Lipinski definition) is 4. The molecule has 1 aromatic heterocycles. The van der Waals surface area contributed by atoms with Crippen molar-refractivity contribution < 1.29 is 0 Å². The van der Waals surface area contributed by atoms with E-state index in [-0.39, 0.29) is 17.7 Å². The Bertz CT molecular complexity index is 326. The molecule has 1 aromatic rings. The van der Waals surface area contributed by atoms with Crippen molar-refractivity contribution in [2.75, 3.05) is 5.32 Å². The van der Waals surface area contributed by atoms with Crippen LogP contribution in [0.1, 0.15) is 25.7 Å². The van der Waals surface area contributed by atoms with Gasteiger partial charge in [-0.1, -0.05) is 0 Å². The molecule has 90 valence electrons. The maximum atomic E-state index is 5.84. The Morgan fingerprint density at radius 1 is 1.31 bits per heavy atom. The number of nitrogens with two attached hydrogens (primary N) is 1. The molecule has 0 spiro atoms. The Morgan fingerprint density at radius 2 is 2.00 bits per heavy atom. The summed E-state index contributed by atoms with van der Waals surface area (Å²) in [6.07, 6.45) is 6.02. The van der Waals surface area contributed by atoms with E-state index in [0.717, 1.165) is 31.5 Å². The summed E-state index contributed by atoms with van der Waals surface area (Å²) in [7, 11) is 0. The summed E-state index contributed by atoms with van der Waals surface area (Å²) in [6.45, 7) is 0. The van der Waals surface area contributed by atoms with E-state index in [0.29, 0.717) is 12.1 Å². The molecule has 3 N–H and O–H groups in total. The van der Waals surface area contributed by atoms with Crippen LogP contribution < -0.4 is 11.1 Å². The molecule has 4 nitrogen and oxygen atoms in total. The number of halogens is 2. The van der Waals surface area contributed by atoms with Crippen molar-refractivity contribution >= 4 is 29.8 Å². The van der Waals surface area contributed by atoms with Crippen LogP contribution in [0, 0.1) is 0 Å². The average molecular weight is 263 g/mol. The van der Waals surface area contributed by atoms with Crippen molar-refractivity contribution in [2.24, 2.45) is 5.73 Å². The van der Waals surface area contributed by atoms with Crippen LogP contribution in [-0.4, -0.2) is 22.1 Å². The summed E-state index contributed by atoms with van der Waals surface area (Å²) >= 11 is 5.70. The molecule has 0 aliphatic heterocycles. The molecular weight excluding hydrogens is 247 g/mol. The lowest BCUT2D eigenvalue weighted by atomic mass is 9.92. The normalized spacial score (nSPS) is 24.6. The van der Waals surface area contributed by atoms with Gasteiger partial charge in [0.05, 0.1) is 0 Å². The zero-order valence-corrected chi connectivity index (χ0v) is 10.5. The molecule has 0 amide bonds. The van der Waals surface area contributed by atoms with Crippen LogP contribution >= 0.6 is 24.0 Å². The molecule has 0 radical (unpaired) electrons. The first kappa shape index (κ1) is 13.5. The highest BCUT2D eigenvalue weighted by Crippen LogP contribution is 2.20. The van der Waals surface area contributed by atoms with Crippen LogP contribution in [0.15, 0.2) is 12.3 Å². The summed E-state index contributed by atoms with van der Waals surface area (Å²) in [4.78, 5) is 7.94. The van der Waals surface area contributed by atoms with Gasteiger partial charge in [0.1, 0.15) is 5.82 Å². The van der Waals surface area contributed by atoms with Gasteiger partial charge < -0.3 is 11.1 Å². The van der Waals surface area contributed by atoms with Gasteiger partial charge in [-0.3, -0.25) is 0 Å². The van der Waals surface area contributed by atoms with Crippen LogP contribution in [-0.2, 0) is 0 Å². The quantitative estimate of drug-likeness (QED) is 0.803. The average Bonchev–Trinajstić information content (AvgIpc) is 2.22. The highest BCUT2D eigenvalue weighted by atomic mass is 35.5. The molecule has 1 aliphatic carbocycles. The Kier molecular flexibility index (Phi) is 5.25. The van der Waals surface area contributed by atoms with Crippen LogP contribution in [0.2, 0.25) is 5.28 Å². The zero-order valence-electron chi connectivity index (χ0n) is 8.90. The van der Waals surface area contributed by atoms with E-state index in [1.165, 1.54) is 0 Å². The number of nitrogens with zero attached hydrogens (tertiary/aromatic N) is 2. The first-order chi connectivity index (χ1) is 7.24. The van der Waals surface area contributed by atoms with Gasteiger partial charge in [-0.05, 0) is 43.4 Å². The molecule has 0 atom stereocenters. The maximum Gasteiger partial charge on any atom is 0.224 e. The molecule has 1 aliphatic rings. The van der Waals surface area contributed by atoms with Crippen molar-refractivity contribution in [1.82, 2.24) is 9.97 Å². The highest BCUT2D eigenvalue weighted by Gasteiger charge is 2.18. The number of hydrogen-bond donors (Lipinski definition) is 2. The molecule has 6 heteroatoms. The first-order valence-corrected chi connectivity index (χ1v) is 5.62. The van der Waals surface area contributed by atoms with Gasteiger partial charge in [0.2, 0.25) is 5.28 Å². The summed E-state index contributed by atoms with van der Waals surface area (Å²) in [5.41, 5.74) is 5.84. The molecular formula is C10H16Cl2N4. The minimum Gasteiger partial charge on any atom is -0.367 e. The second kappa shape index (κ2) is 6.23. The van der Waals surface area contributed by atoms with Crippen LogP contribution in [0.5, 0.6) is 0 Å². The lowest BCUT2D eigenvalue weighted by Gasteiger charge is -2.27. The second-order valence-electron chi connectivity index (χ2n) is 3.97. The van der Waals surface area contributed by atoms with E-state index < -0.39 is 0 Å². The summed E-state index contributed by atoms with van der Waals surface area (Å²) in [5.74, 6) is 0.801. The minimum absolute atomic E-state index is 0. The SMILES string of the molecule is Cl.NC1CCC(Nc2ccnc(Cl)n2)CC1. The summed E-state index contributed by atoms with van der Waals surface area (Å²) in [5, 5.41) is 3.64. The molecule has 16 heavy (non-hydrogen) atoms. The van der Waals surface area contributed by atoms with Crippen molar-refractivity contribution in [2.45, 2.75) is 37.8 Å². The van der Waals surface area contributed by atoms with Crippen molar-refractivity contribution in [3.05, 3.63) is 17.5 Å². The fourth-order valence-corrected chi connectivity index (χ4v) is 2.04. The molecule has 1 fully saturated rings. The second-order valence-corrected chi connectivity index (χ2v) is 4.31. The molecule has 0 saturated heterocycles. The first-order valence-electron chi connectivity index (χ1n) is 5.25.